The Balaban J connectivity index is 2.57. The number of hydrogen-bond acceptors (Lipinski definition) is 2. The van der Waals surface area contributed by atoms with Gasteiger partial charge in [0.05, 0.1) is 6.07 Å². The molecule has 2 rings (SSSR count). The van der Waals surface area contributed by atoms with Gasteiger partial charge in [-0.15, -0.1) is 0 Å². The average molecular weight is 192 g/mol. The van der Waals surface area contributed by atoms with Crippen LogP contribution in [0.5, 0.6) is 0 Å². The Kier molecular flexibility index (Phi) is 1.82. The second-order valence-corrected chi connectivity index (χ2v) is 3.42. The lowest BCUT2D eigenvalue weighted by Crippen LogP contribution is -2.05. The zero-order chi connectivity index (χ0) is 9.42. The first-order valence-corrected chi connectivity index (χ1v) is 4.33. The Hall–Kier alpha value is -1.33. The van der Waals surface area contributed by atoms with E-state index < -0.39 is 5.92 Å². The lowest BCUT2D eigenvalue weighted by atomic mass is 10.1. The van der Waals surface area contributed by atoms with E-state index in [9.17, 15) is 4.79 Å². The Morgan fingerprint density at radius 1 is 1.54 bits per heavy atom. The molecule has 1 aromatic carbocycles. The number of nitriles is 1. The Morgan fingerprint density at radius 3 is 2.92 bits per heavy atom. The van der Waals surface area contributed by atoms with Crippen LogP contribution in [0.15, 0.2) is 18.2 Å². The topological polar surface area (TPSA) is 40.9 Å². The van der Waals surface area contributed by atoms with Crippen molar-refractivity contribution in [3.8, 4) is 6.07 Å². The number of fused-ring (bicyclic) bond motifs is 1. The van der Waals surface area contributed by atoms with Crippen LogP contribution in [0, 0.1) is 17.2 Å². The van der Waals surface area contributed by atoms with E-state index in [4.69, 9.17) is 16.9 Å². The highest BCUT2D eigenvalue weighted by molar-refractivity contribution is 6.32. The summed E-state index contributed by atoms with van der Waals surface area (Å²) in [5.41, 5.74) is 1.43. The summed E-state index contributed by atoms with van der Waals surface area (Å²) in [5.74, 6) is -0.630. The number of ketones is 1. The Bertz CT molecular complexity index is 419. The van der Waals surface area contributed by atoms with E-state index in [1.807, 2.05) is 6.07 Å². The van der Waals surface area contributed by atoms with E-state index in [0.717, 1.165) is 5.56 Å². The molecule has 1 unspecified atom stereocenters. The van der Waals surface area contributed by atoms with Gasteiger partial charge in [0.15, 0.2) is 5.78 Å². The third kappa shape index (κ3) is 1.13. The number of carbonyl (C=O) groups is 1. The lowest BCUT2D eigenvalue weighted by Gasteiger charge is -1.97. The third-order valence-electron chi connectivity index (χ3n) is 2.26. The smallest absolute Gasteiger partial charge is 0.180 e. The van der Waals surface area contributed by atoms with Gasteiger partial charge in [-0.2, -0.15) is 5.26 Å². The standard InChI is InChI=1S/C10H6ClNO/c11-9-3-1-2-7-8(9)4-6(5-12)10(7)13/h1-3,6H,4H2. The summed E-state index contributed by atoms with van der Waals surface area (Å²) in [7, 11) is 0. The van der Waals surface area contributed by atoms with Crippen LogP contribution in [0.25, 0.3) is 0 Å². The molecule has 0 radical (unpaired) electrons. The largest absolute Gasteiger partial charge is 0.293 e. The molecular weight excluding hydrogens is 186 g/mol. The minimum atomic E-state index is -0.533. The van der Waals surface area contributed by atoms with Gasteiger partial charge in [-0.25, -0.2) is 0 Å². The fraction of sp³-hybridized carbons (Fsp3) is 0.200. The predicted octanol–water partition coefficient (Wildman–Crippen LogP) is 2.22. The second-order valence-electron chi connectivity index (χ2n) is 3.02. The summed E-state index contributed by atoms with van der Waals surface area (Å²) in [4.78, 5) is 11.5. The molecule has 1 aliphatic rings. The van der Waals surface area contributed by atoms with E-state index in [1.54, 1.807) is 18.2 Å². The minimum Gasteiger partial charge on any atom is -0.293 e. The van der Waals surface area contributed by atoms with Crippen LogP contribution in [-0.2, 0) is 6.42 Å². The number of benzene rings is 1. The van der Waals surface area contributed by atoms with E-state index >= 15 is 0 Å². The highest BCUT2D eigenvalue weighted by Gasteiger charge is 2.31. The van der Waals surface area contributed by atoms with Crippen LogP contribution in [0.3, 0.4) is 0 Å². The molecule has 64 valence electrons. The second kappa shape index (κ2) is 2.86. The van der Waals surface area contributed by atoms with Crippen molar-refractivity contribution < 1.29 is 4.79 Å². The fourth-order valence-electron chi connectivity index (χ4n) is 1.59. The predicted molar refractivity (Wildman–Crippen MR) is 48.6 cm³/mol. The van der Waals surface area contributed by atoms with Gasteiger partial charge >= 0.3 is 0 Å². The molecule has 0 aromatic heterocycles. The lowest BCUT2D eigenvalue weighted by molar-refractivity contribution is 0.0963. The minimum absolute atomic E-state index is 0.0972. The monoisotopic (exact) mass is 191 g/mol. The van der Waals surface area contributed by atoms with Crippen LogP contribution in [0.1, 0.15) is 15.9 Å². The number of carbonyl (C=O) groups excluding carboxylic acids is 1. The molecule has 0 aliphatic heterocycles. The van der Waals surface area contributed by atoms with E-state index in [2.05, 4.69) is 0 Å². The van der Waals surface area contributed by atoms with Crippen LogP contribution in [0.4, 0.5) is 0 Å². The molecule has 0 bridgehead atoms. The molecule has 0 saturated heterocycles. The third-order valence-corrected chi connectivity index (χ3v) is 2.62. The van der Waals surface area contributed by atoms with E-state index in [-0.39, 0.29) is 5.78 Å². The summed E-state index contributed by atoms with van der Waals surface area (Å²) in [6.45, 7) is 0. The maximum absolute atomic E-state index is 11.5. The normalized spacial score (nSPS) is 19.7. The van der Waals surface area contributed by atoms with Gasteiger partial charge in [-0.3, -0.25) is 4.79 Å². The first kappa shape index (κ1) is 8.28. The molecular formula is C10H6ClNO. The van der Waals surface area contributed by atoms with Crippen molar-refractivity contribution in [3.05, 3.63) is 34.3 Å². The van der Waals surface area contributed by atoms with Crippen molar-refractivity contribution in [1.82, 2.24) is 0 Å². The van der Waals surface area contributed by atoms with Gasteiger partial charge in [0.2, 0.25) is 0 Å². The zero-order valence-corrected chi connectivity index (χ0v) is 7.51. The summed E-state index contributed by atoms with van der Waals surface area (Å²) < 4.78 is 0. The van der Waals surface area contributed by atoms with Crippen molar-refractivity contribution >= 4 is 17.4 Å². The molecule has 13 heavy (non-hydrogen) atoms. The SMILES string of the molecule is N#CC1Cc2c(Cl)cccc2C1=O. The van der Waals surface area contributed by atoms with Crippen molar-refractivity contribution in [1.29, 1.82) is 5.26 Å². The van der Waals surface area contributed by atoms with E-state index in [0.29, 0.717) is 17.0 Å². The van der Waals surface area contributed by atoms with Gasteiger partial charge in [0, 0.05) is 10.6 Å². The molecule has 2 nitrogen and oxygen atoms in total. The quantitative estimate of drug-likeness (QED) is 0.631. The maximum atomic E-state index is 11.5. The number of Topliss-reactive ketones (excluding diaryl/α,β-unsaturated/α-hetero) is 1. The van der Waals surface area contributed by atoms with Crippen molar-refractivity contribution in [3.63, 3.8) is 0 Å². The van der Waals surface area contributed by atoms with Crippen LogP contribution in [-0.4, -0.2) is 5.78 Å². The molecule has 0 N–H and O–H groups in total. The molecule has 1 aromatic rings. The molecule has 0 saturated carbocycles. The number of nitrogens with zero attached hydrogens (tertiary/aromatic N) is 1. The van der Waals surface area contributed by atoms with Gasteiger partial charge in [-0.1, -0.05) is 23.7 Å². The molecule has 1 atom stereocenters. The molecule has 0 fully saturated rings. The Labute approximate surface area is 80.7 Å². The summed E-state index contributed by atoms with van der Waals surface area (Å²) in [6, 6.07) is 7.18. The van der Waals surface area contributed by atoms with E-state index in [1.165, 1.54) is 0 Å². The first-order valence-electron chi connectivity index (χ1n) is 3.95. The summed E-state index contributed by atoms with van der Waals surface area (Å²) >= 11 is 5.90. The van der Waals surface area contributed by atoms with Gasteiger partial charge in [0.25, 0.3) is 0 Å². The molecule has 3 heteroatoms. The van der Waals surface area contributed by atoms with Crippen LogP contribution in [0.2, 0.25) is 5.02 Å². The number of rotatable bonds is 0. The van der Waals surface area contributed by atoms with Crippen molar-refractivity contribution in [2.24, 2.45) is 5.92 Å². The highest BCUT2D eigenvalue weighted by Crippen LogP contribution is 2.31. The Morgan fingerprint density at radius 2 is 2.31 bits per heavy atom. The van der Waals surface area contributed by atoms with Crippen LogP contribution < -0.4 is 0 Å². The number of halogens is 1. The van der Waals surface area contributed by atoms with Crippen LogP contribution >= 0.6 is 11.6 Å². The first-order chi connectivity index (χ1) is 6.24. The molecule has 1 aliphatic carbocycles. The van der Waals surface area contributed by atoms with Crippen molar-refractivity contribution in [2.75, 3.05) is 0 Å². The fourth-order valence-corrected chi connectivity index (χ4v) is 1.84. The molecule has 0 amide bonds. The molecule has 0 spiro atoms. The summed E-state index contributed by atoms with van der Waals surface area (Å²) in [5, 5.41) is 9.27. The molecule has 0 heterocycles. The maximum Gasteiger partial charge on any atom is 0.180 e. The number of hydrogen-bond donors (Lipinski definition) is 0. The van der Waals surface area contributed by atoms with Gasteiger partial charge in [-0.05, 0) is 18.1 Å². The highest BCUT2D eigenvalue weighted by atomic mass is 35.5. The zero-order valence-electron chi connectivity index (χ0n) is 6.75. The van der Waals surface area contributed by atoms with Gasteiger partial charge in [0.1, 0.15) is 5.92 Å². The average Bonchev–Trinajstić information content (AvgIpc) is 2.45. The summed E-state index contributed by atoms with van der Waals surface area (Å²) in [6.07, 6.45) is 0.463. The van der Waals surface area contributed by atoms with Gasteiger partial charge < -0.3 is 0 Å². The van der Waals surface area contributed by atoms with Crippen molar-refractivity contribution in [2.45, 2.75) is 6.42 Å².